The number of amides is 5. The Balaban J connectivity index is 3.22. The van der Waals surface area contributed by atoms with E-state index in [1.807, 2.05) is 0 Å². The van der Waals surface area contributed by atoms with Crippen molar-refractivity contribution in [3.8, 4) is 0 Å². The van der Waals surface area contributed by atoms with E-state index in [2.05, 4.69) is 21.3 Å². The van der Waals surface area contributed by atoms with Gasteiger partial charge in [-0.1, -0.05) is 13.8 Å². The number of nitrogens with two attached hydrogens (primary N) is 2. The zero-order chi connectivity index (χ0) is 37.3. The minimum Gasteiger partial charge on any atom is -0.481 e. The van der Waals surface area contributed by atoms with Crippen LogP contribution in [-0.2, 0) is 38.4 Å². The molecule has 0 bridgehead atoms. The van der Waals surface area contributed by atoms with Gasteiger partial charge in [0, 0.05) is 6.54 Å². The second-order valence-electron chi connectivity index (χ2n) is 12.3. The Kier molecular flexibility index (Phi) is 19.2. The van der Waals surface area contributed by atoms with Crippen LogP contribution in [0.1, 0.15) is 71.6 Å². The standard InChI is InChI=1S/C30H51N7O11S/c1-16(2)13-20(28(45)36-21(15-24(40)41)29(46)37-11-6-8-22(37)30(47)48)35-27(44)19(9-12-49-3)34-26(43)18(7-4-5-10-31)33-25(42)17(32)14-23(38)39/h16-22H,4-15,31-32H2,1-3H3,(H,33,42)(H,34,43)(H,35,44)(H,36,45)(H,38,39)(H,40,41)(H,47,48)/t17-,18-,19-,20-,21-,22-/m0/s1. The maximum absolute atomic E-state index is 13.6. The molecule has 0 aliphatic carbocycles. The average Bonchev–Trinajstić information content (AvgIpc) is 3.51. The van der Waals surface area contributed by atoms with Gasteiger partial charge in [0.2, 0.25) is 29.5 Å². The minimum absolute atomic E-state index is 0.0649. The quantitative estimate of drug-likeness (QED) is 0.0528. The van der Waals surface area contributed by atoms with Crippen LogP contribution in [0.5, 0.6) is 0 Å². The fourth-order valence-corrected chi connectivity index (χ4v) is 5.68. The second kappa shape index (κ2) is 21.9. The molecule has 49 heavy (non-hydrogen) atoms. The van der Waals surface area contributed by atoms with Gasteiger partial charge in [0.1, 0.15) is 30.2 Å². The highest BCUT2D eigenvalue weighted by Gasteiger charge is 2.39. The maximum atomic E-state index is 13.6. The number of carboxylic acids is 3. The summed E-state index contributed by atoms with van der Waals surface area (Å²) in [5.41, 5.74) is 11.2. The maximum Gasteiger partial charge on any atom is 0.326 e. The molecule has 1 rings (SSSR count). The van der Waals surface area contributed by atoms with Crippen LogP contribution in [0.4, 0.5) is 0 Å². The van der Waals surface area contributed by atoms with Crippen LogP contribution >= 0.6 is 11.8 Å². The number of unbranched alkanes of at least 4 members (excludes halogenated alkanes) is 1. The topological polar surface area (TPSA) is 301 Å². The van der Waals surface area contributed by atoms with Crippen molar-refractivity contribution in [2.75, 3.05) is 25.1 Å². The molecule has 6 atom stereocenters. The van der Waals surface area contributed by atoms with Crippen LogP contribution in [0, 0.1) is 5.92 Å². The van der Waals surface area contributed by atoms with Gasteiger partial charge in [-0.15, -0.1) is 0 Å². The van der Waals surface area contributed by atoms with Crippen molar-refractivity contribution in [3.63, 3.8) is 0 Å². The molecule has 0 unspecified atom stereocenters. The molecule has 1 heterocycles. The molecule has 18 nitrogen and oxygen atoms in total. The van der Waals surface area contributed by atoms with E-state index in [1.54, 1.807) is 20.1 Å². The number of nitrogens with one attached hydrogen (secondary N) is 4. The van der Waals surface area contributed by atoms with Gasteiger partial charge >= 0.3 is 17.9 Å². The Bertz CT molecular complexity index is 1190. The van der Waals surface area contributed by atoms with Crippen molar-refractivity contribution in [2.24, 2.45) is 17.4 Å². The van der Waals surface area contributed by atoms with E-state index in [0.717, 1.165) is 4.90 Å². The number of likely N-dealkylation sites (tertiary alicyclic amines) is 1. The molecule has 1 aliphatic heterocycles. The van der Waals surface area contributed by atoms with E-state index in [1.165, 1.54) is 11.8 Å². The first-order valence-electron chi connectivity index (χ1n) is 16.1. The van der Waals surface area contributed by atoms with E-state index in [9.17, 15) is 48.6 Å². The Morgan fingerprint density at radius 2 is 1.31 bits per heavy atom. The highest BCUT2D eigenvalue weighted by atomic mass is 32.2. The van der Waals surface area contributed by atoms with Crippen molar-refractivity contribution in [1.29, 1.82) is 0 Å². The van der Waals surface area contributed by atoms with E-state index < -0.39 is 96.5 Å². The third kappa shape index (κ3) is 15.4. The van der Waals surface area contributed by atoms with Crippen molar-refractivity contribution in [3.05, 3.63) is 0 Å². The van der Waals surface area contributed by atoms with Gasteiger partial charge in [-0.05, 0) is 69.4 Å². The van der Waals surface area contributed by atoms with Gasteiger partial charge in [-0.25, -0.2) is 4.79 Å². The fourth-order valence-electron chi connectivity index (χ4n) is 5.21. The molecule has 0 saturated carbocycles. The molecule has 1 fully saturated rings. The lowest BCUT2D eigenvalue weighted by Crippen LogP contribution is -2.59. The predicted octanol–water partition coefficient (Wildman–Crippen LogP) is -1.79. The number of carbonyl (C=O) groups excluding carboxylic acids is 5. The van der Waals surface area contributed by atoms with Gasteiger partial charge in [0.25, 0.3) is 0 Å². The van der Waals surface area contributed by atoms with Crippen LogP contribution < -0.4 is 32.7 Å². The van der Waals surface area contributed by atoms with Crippen LogP contribution in [0.25, 0.3) is 0 Å². The lowest BCUT2D eigenvalue weighted by Gasteiger charge is -2.29. The van der Waals surface area contributed by atoms with Crippen molar-refractivity contribution >= 4 is 59.2 Å². The van der Waals surface area contributed by atoms with Gasteiger partial charge in [-0.2, -0.15) is 11.8 Å². The number of hydrogen-bond acceptors (Lipinski definition) is 11. The van der Waals surface area contributed by atoms with Crippen LogP contribution in [0.3, 0.4) is 0 Å². The molecular formula is C30H51N7O11S. The first-order chi connectivity index (χ1) is 23.0. The Morgan fingerprint density at radius 1 is 0.776 bits per heavy atom. The van der Waals surface area contributed by atoms with Gasteiger partial charge < -0.3 is 53.0 Å². The molecule has 278 valence electrons. The zero-order valence-electron chi connectivity index (χ0n) is 28.1. The highest BCUT2D eigenvalue weighted by Crippen LogP contribution is 2.19. The Labute approximate surface area is 289 Å². The summed E-state index contributed by atoms with van der Waals surface area (Å²) in [6.07, 6.45) is 2.08. The molecule has 0 spiro atoms. The molecule has 5 amide bonds. The number of rotatable bonds is 23. The summed E-state index contributed by atoms with van der Waals surface area (Å²) in [4.78, 5) is 102. The first kappa shape index (κ1) is 43.1. The number of hydrogen-bond donors (Lipinski definition) is 9. The molecule has 11 N–H and O–H groups in total. The van der Waals surface area contributed by atoms with Crippen molar-refractivity contribution in [1.82, 2.24) is 26.2 Å². The smallest absolute Gasteiger partial charge is 0.326 e. The summed E-state index contributed by atoms with van der Waals surface area (Å²) < 4.78 is 0. The lowest BCUT2D eigenvalue weighted by atomic mass is 10.0. The van der Waals surface area contributed by atoms with E-state index >= 15 is 0 Å². The van der Waals surface area contributed by atoms with Crippen molar-refractivity contribution in [2.45, 2.75) is 108 Å². The lowest BCUT2D eigenvalue weighted by molar-refractivity contribution is -0.150. The highest BCUT2D eigenvalue weighted by molar-refractivity contribution is 7.98. The third-order valence-corrected chi connectivity index (χ3v) is 8.35. The number of carboxylic acid groups (broad SMARTS) is 3. The largest absolute Gasteiger partial charge is 0.481 e. The molecule has 19 heteroatoms. The molecule has 1 aliphatic rings. The number of thioether (sulfide) groups is 1. The molecule has 0 aromatic rings. The SMILES string of the molecule is CSCC[C@H](NC(=O)[C@H](CCCCN)NC(=O)[C@@H](N)CC(=O)O)C(=O)N[C@@H](CC(C)C)C(=O)N[C@@H](CC(=O)O)C(=O)N1CCC[C@H]1C(=O)O. The van der Waals surface area contributed by atoms with E-state index in [0.29, 0.717) is 31.6 Å². The summed E-state index contributed by atoms with van der Waals surface area (Å²) in [6.45, 7) is 3.93. The normalized spacial score (nSPS) is 17.3. The number of aliphatic carboxylic acids is 3. The average molecular weight is 718 g/mol. The van der Waals surface area contributed by atoms with E-state index in [-0.39, 0.29) is 38.1 Å². The van der Waals surface area contributed by atoms with Crippen LogP contribution in [-0.4, -0.2) is 129 Å². The zero-order valence-corrected chi connectivity index (χ0v) is 29.0. The summed E-state index contributed by atoms with van der Waals surface area (Å²) in [7, 11) is 0. The number of carbonyl (C=O) groups is 8. The molecule has 0 radical (unpaired) electrons. The second-order valence-corrected chi connectivity index (χ2v) is 13.3. The molecule has 1 saturated heterocycles. The summed E-state index contributed by atoms with van der Waals surface area (Å²) in [5, 5.41) is 38.0. The molecular weight excluding hydrogens is 666 g/mol. The summed E-state index contributed by atoms with van der Waals surface area (Å²) in [5.74, 6) is -7.85. The van der Waals surface area contributed by atoms with Crippen LogP contribution in [0.15, 0.2) is 0 Å². The van der Waals surface area contributed by atoms with E-state index in [4.69, 9.17) is 16.6 Å². The Hall–Kier alpha value is -3.97. The summed E-state index contributed by atoms with van der Waals surface area (Å²) >= 11 is 1.38. The molecule has 0 aromatic heterocycles. The third-order valence-electron chi connectivity index (χ3n) is 7.71. The first-order valence-corrected chi connectivity index (χ1v) is 17.5. The van der Waals surface area contributed by atoms with Crippen LogP contribution in [0.2, 0.25) is 0 Å². The molecule has 0 aromatic carbocycles. The minimum atomic E-state index is -1.60. The van der Waals surface area contributed by atoms with Gasteiger partial charge in [-0.3, -0.25) is 33.6 Å². The number of nitrogens with zero attached hydrogens (tertiary/aromatic N) is 1. The van der Waals surface area contributed by atoms with Gasteiger partial charge in [0.15, 0.2) is 0 Å². The predicted molar refractivity (Wildman–Crippen MR) is 178 cm³/mol. The van der Waals surface area contributed by atoms with Crippen molar-refractivity contribution < 1.29 is 53.7 Å². The Morgan fingerprint density at radius 3 is 1.84 bits per heavy atom. The monoisotopic (exact) mass is 717 g/mol. The fraction of sp³-hybridized carbons (Fsp3) is 0.733. The van der Waals surface area contributed by atoms with Gasteiger partial charge in [0.05, 0.1) is 18.9 Å². The summed E-state index contributed by atoms with van der Waals surface area (Å²) in [6, 6.07) is -7.83.